The minimum Gasteiger partial charge on any atom is -0.467 e. The van der Waals surface area contributed by atoms with E-state index in [2.05, 4.69) is 5.32 Å². The fraction of sp³-hybridized carbons (Fsp3) is 0.857. The molecule has 0 aromatic rings. The number of amides is 1. The van der Waals surface area contributed by atoms with Crippen molar-refractivity contribution in [1.82, 2.24) is 10.2 Å². The largest absolute Gasteiger partial charge is 0.467 e. The molecule has 7 nitrogen and oxygen atoms in total. The van der Waals surface area contributed by atoms with Crippen LogP contribution < -0.4 is 5.32 Å². The maximum absolute atomic E-state index is 12.1. The van der Waals surface area contributed by atoms with Crippen LogP contribution in [0.4, 0.5) is 0 Å². The average Bonchev–Trinajstić information content (AvgIpc) is 2.45. The number of hydrogen-bond acceptors (Lipinski definition) is 6. The first kappa shape index (κ1) is 17.9. The molecule has 1 amide bonds. The van der Waals surface area contributed by atoms with Gasteiger partial charge in [0.05, 0.1) is 33.0 Å². The molecule has 0 spiro atoms. The molecule has 2 atom stereocenters. The number of carbonyl (C=O) groups excluding carboxylic acids is 2. The Hall–Kier alpha value is -1.18. The molecule has 7 heteroatoms. The summed E-state index contributed by atoms with van der Waals surface area (Å²) in [6.07, 6.45) is 0.291. The number of aliphatic hydroxyl groups is 1. The van der Waals surface area contributed by atoms with Crippen LogP contribution in [0.25, 0.3) is 0 Å². The lowest BCUT2D eigenvalue weighted by atomic mass is 10.0. The molecule has 1 aliphatic rings. The number of nitrogens with zero attached hydrogens (tertiary/aromatic N) is 1. The van der Waals surface area contributed by atoms with Crippen molar-refractivity contribution in [1.29, 1.82) is 0 Å². The molecular formula is C14H26N2O5. The second-order valence-corrected chi connectivity index (χ2v) is 5.68. The topological polar surface area (TPSA) is 88.1 Å². The van der Waals surface area contributed by atoms with E-state index in [9.17, 15) is 9.59 Å². The number of morpholine rings is 1. The first-order chi connectivity index (χ1) is 9.96. The Labute approximate surface area is 125 Å². The summed E-state index contributed by atoms with van der Waals surface area (Å²) in [6, 6.07) is -0.614. The molecule has 0 bridgehead atoms. The van der Waals surface area contributed by atoms with Gasteiger partial charge in [0.25, 0.3) is 0 Å². The van der Waals surface area contributed by atoms with E-state index in [0.717, 1.165) is 0 Å². The highest BCUT2D eigenvalue weighted by molar-refractivity contribution is 5.85. The molecular weight excluding hydrogens is 276 g/mol. The summed E-state index contributed by atoms with van der Waals surface area (Å²) in [5.41, 5.74) is 0. The fourth-order valence-electron chi connectivity index (χ4n) is 2.31. The lowest BCUT2D eigenvalue weighted by molar-refractivity contribution is -0.146. The van der Waals surface area contributed by atoms with Crippen molar-refractivity contribution in [2.45, 2.75) is 32.4 Å². The maximum Gasteiger partial charge on any atom is 0.328 e. The van der Waals surface area contributed by atoms with Gasteiger partial charge >= 0.3 is 5.97 Å². The molecule has 0 aromatic carbocycles. The van der Waals surface area contributed by atoms with Crippen LogP contribution in [0.2, 0.25) is 0 Å². The van der Waals surface area contributed by atoms with Crippen molar-refractivity contribution in [3.05, 3.63) is 0 Å². The zero-order valence-electron chi connectivity index (χ0n) is 13.0. The van der Waals surface area contributed by atoms with Gasteiger partial charge in [-0.25, -0.2) is 4.79 Å². The van der Waals surface area contributed by atoms with Crippen molar-refractivity contribution >= 4 is 11.9 Å². The second-order valence-electron chi connectivity index (χ2n) is 5.68. The third kappa shape index (κ3) is 6.41. The van der Waals surface area contributed by atoms with Crippen LogP contribution in [0, 0.1) is 5.92 Å². The highest BCUT2D eigenvalue weighted by Crippen LogP contribution is 2.07. The molecule has 122 valence electrons. The van der Waals surface area contributed by atoms with E-state index < -0.39 is 12.0 Å². The number of nitrogens with one attached hydrogen (secondary N) is 1. The van der Waals surface area contributed by atoms with Crippen molar-refractivity contribution in [2.24, 2.45) is 5.92 Å². The van der Waals surface area contributed by atoms with Crippen LogP contribution in [0.5, 0.6) is 0 Å². The average molecular weight is 302 g/mol. The summed E-state index contributed by atoms with van der Waals surface area (Å²) in [6.45, 7) is 5.73. The highest BCUT2D eigenvalue weighted by Gasteiger charge is 2.25. The molecule has 1 fully saturated rings. The molecule has 1 rings (SSSR count). The monoisotopic (exact) mass is 302 g/mol. The molecule has 0 saturated carbocycles. The first-order valence-corrected chi connectivity index (χ1v) is 7.28. The molecule has 1 saturated heterocycles. The lowest BCUT2D eigenvalue weighted by Crippen LogP contribution is -2.50. The molecule has 0 aromatic heterocycles. The van der Waals surface area contributed by atoms with Gasteiger partial charge in [-0.15, -0.1) is 0 Å². The lowest BCUT2D eigenvalue weighted by Gasteiger charge is -2.31. The van der Waals surface area contributed by atoms with Gasteiger partial charge in [-0.05, 0) is 12.3 Å². The van der Waals surface area contributed by atoms with E-state index in [4.69, 9.17) is 14.6 Å². The molecule has 0 aliphatic carbocycles. The minimum absolute atomic E-state index is 0.0593. The smallest absolute Gasteiger partial charge is 0.328 e. The summed E-state index contributed by atoms with van der Waals surface area (Å²) >= 11 is 0. The number of methoxy groups -OCH3 is 1. The number of esters is 1. The highest BCUT2D eigenvalue weighted by atomic mass is 16.5. The third-order valence-corrected chi connectivity index (χ3v) is 3.32. The van der Waals surface area contributed by atoms with Crippen molar-refractivity contribution in [3.63, 3.8) is 0 Å². The maximum atomic E-state index is 12.1. The Balaban J connectivity index is 2.47. The Kier molecular flexibility index (Phi) is 7.63. The van der Waals surface area contributed by atoms with E-state index in [-0.39, 0.29) is 31.1 Å². The van der Waals surface area contributed by atoms with E-state index in [1.54, 1.807) is 0 Å². The normalized spacial score (nSPS) is 21.1. The van der Waals surface area contributed by atoms with E-state index in [1.807, 2.05) is 18.7 Å². The Bertz CT molecular complexity index is 348. The first-order valence-electron chi connectivity index (χ1n) is 7.28. The van der Waals surface area contributed by atoms with Gasteiger partial charge in [0.2, 0.25) is 5.91 Å². The standard InChI is InChI=1S/C14H26N2O5/c1-10(2)6-12(14(19)20-3)15-13(18)8-16-4-5-21-11(7-16)9-17/h10-12,17H,4-9H2,1-3H3,(H,15,18). The molecule has 1 heterocycles. The van der Waals surface area contributed by atoms with Gasteiger partial charge in [-0.1, -0.05) is 13.8 Å². The van der Waals surface area contributed by atoms with E-state index in [1.165, 1.54) is 7.11 Å². The Morgan fingerprint density at radius 2 is 2.19 bits per heavy atom. The zero-order valence-corrected chi connectivity index (χ0v) is 13.0. The summed E-state index contributed by atoms with van der Waals surface area (Å²) in [4.78, 5) is 25.6. The van der Waals surface area contributed by atoms with Gasteiger partial charge in [0.1, 0.15) is 6.04 Å². The number of ether oxygens (including phenoxy) is 2. The van der Waals surface area contributed by atoms with Crippen LogP contribution in [0.15, 0.2) is 0 Å². The molecule has 2 N–H and O–H groups in total. The Morgan fingerprint density at radius 1 is 1.48 bits per heavy atom. The van der Waals surface area contributed by atoms with Crippen LogP contribution in [-0.4, -0.2) is 74.0 Å². The zero-order chi connectivity index (χ0) is 15.8. The quantitative estimate of drug-likeness (QED) is 0.610. The number of rotatable bonds is 7. The van der Waals surface area contributed by atoms with Crippen LogP contribution in [0.3, 0.4) is 0 Å². The van der Waals surface area contributed by atoms with Gasteiger partial charge < -0.3 is 19.9 Å². The SMILES string of the molecule is COC(=O)C(CC(C)C)NC(=O)CN1CCOC(CO)C1. The summed E-state index contributed by atoms with van der Waals surface area (Å²) in [5.74, 6) is -0.367. The summed E-state index contributed by atoms with van der Waals surface area (Å²) in [5, 5.41) is 11.8. The summed E-state index contributed by atoms with van der Waals surface area (Å²) < 4.78 is 10.0. The van der Waals surface area contributed by atoms with Gasteiger partial charge in [-0.2, -0.15) is 0 Å². The fourth-order valence-corrected chi connectivity index (χ4v) is 2.31. The minimum atomic E-state index is -0.614. The van der Waals surface area contributed by atoms with Crippen molar-refractivity contribution in [2.75, 3.05) is 40.0 Å². The molecule has 2 unspecified atom stereocenters. The molecule has 21 heavy (non-hydrogen) atoms. The van der Waals surface area contributed by atoms with Crippen LogP contribution >= 0.6 is 0 Å². The van der Waals surface area contributed by atoms with Crippen molar-refractivity contribution in [3.8, 4) is 0 Å². The van der Waals surface area contributed by atoms with E-state index in [0.29, 0.717) is 26.1 Å². The number of carbonyl (C=O) groups is 2. The second kappa shape index (κ2) is 8.96. The van der Waals surface area contributed by atoms with Gasteiger partial charge in [0.15, 0.2) is 0 Å². The van der Waals surface area contributed by atoms with Gasteiger partial charge in [0, 0.05) is 13.1 Å². The Morgan fingerprint density at radius 3 is 2.76 bits per heavy atom. The summed E-state index contributed by atoms with van der Waals surface area (Å²) in [7, 11) is 1.32. The number of aliphatic hydroxyl groups excluding tert-OH is 1. The van der Waals surface area contributed by atoms with Crippen LogP contribution in [0.1, 0.15) is 20.3 Å². The molecule has 1 aliphatic heterocycles. The predicted octanol–water partition coefficient (Wildman–Crippen LogP) is -0.617. The van der Waals surface area contributed by atoms with Crippen LogP contribution in [-0.2, 0) is 19.1 Å². The predicted molar refractivity (Wildman–Crippen MR) is 76.7 cm³/mol. The third-order valence-electron chi connectivity index (χ3n) is 3.32. The molecule has 0 radical (unpaired) electrons. The van der Waals surface area contributed by atoms with Gasteiger partial charge in [-0.3, -0.25) is 9.69 Å². The van der Waals surface area contributed by atoms with E-state index >= 15 is 0 Å². The van der Waals surface area contributed by atoms with Crippen molar-refractivity contribution < 1.29 is 24.2 Å². The number of hydrogen-bond donors (Lipinski definition) is 2.